The van der Waals surface area contributed by atoms with Gasteiger partial charge in [0.1, 0.15) is 6.33 Å². The van der Waals surface area contributed by atoms with Gasteiger partial charge >= 0.3 is 0 Å². The summed E-state index contributed by atoms with van der Waals surface area (Å²) >= 11 is 0. The van der Waals surface area contributed by atoms with Crippen molar-refractivity contribution in [3.05, 3.63) is 30.0 Å². The zero-order valence-corrected chi connectivity index (χ0v) is 11.4. The van der Waals surface area contributed by atoms with Gasteiger partial charge in [-0.3, -0.25) is 0 Å². The fourth-order valence-electron chi connectivity index (χ4n) is 1.95. The lowest BCUT2D eigenvalue weighted by Crippen LogP contribution is -2.22. The third-order valence-electron chi connectivity index (χ3n) is 2.84. The van der Waals surface area contributed by atoms with E-state index in [1.165, 1.54) is 6.33 Å². The van der Waals surface area contributed by atoms with E-state index in [1.807, 2.05) is 17.8 Å². The average molecular weight is 262 g/mol. The molecule has 2 aromatic rings. The van der Waals surface area contributed by atoms with Gasteiger partial charge in [0, 0.05) is 12.6 Å². The van der Waals surface area contributed by atoms with Crippen LogP contribution in [0.25, 0.3) is 0 Å². The third kappa shape index (κ3) is 2.87. The first kappa shape index (κ1) is 13.4. The van der Waals surface area contributed by atoms with E-state index in [2.05, 4.69) is 32.5 Å². The molecule has 0 saturated carbocycles. The second-order valence-corrected chi connectivity index (χ2v) is 4.09. The molecular weight excluding hydrogens is 244 g/mol. The predicted molar refractivity (Wildman–Crippen MR) is 69.8 cm³/mol. The molecule has 0 fully saturated rings. The van der Waals surface area contributed by atoms with E-state index < -0.39 is 0 Å². The van der Waals surface area contributed by atoms with Crippen LogP contribution in [0.2, 0.25) is 0 Å². The first-order chi connectivity index (χ1) is 9.30. The third-order valence-corrected chi connectivity index (χ3v) is 2.84. The number of nitrogens with one attached hydrogen (secondary N) is 1. The van der Waals surface area contributed by atoms with Crippen molar-refractivity contribution in [2.45, 2.75) is 25.9 Å². The van der Waals surface area contributed by atoms with Gasteiger partial charge in [-0.2, -0.15) is 0 Å². The highest BCUT2D eigenvalue weighted by molar-refractivity contribution is 5.23. The maximum atomic E-state index is 5.13. The number of aromatic nitrogens is 5. The zero-order chi connectivity index (χ0) is 13.7. The van der Waals surface area contributed by atoms with Crippen molar-refractivity contribution >= 4 is 0 Å². The van der Waals surface area contributed by atoms with Gasteiger partial charge in [0.2, 0.25) is 5.88 Å². The van der Waals surface area contributed by atoms with Crippen LogP contribution in [0, 0.1) is 0 Å². The Morgan fingerprint density at radius 2 is 2.26 bits per heavy atom. The quantitative estimate of drug-likeness (QED) is 0.829. The van der Waals surface area contributed by atoms with Crippen molar-refractivity contribution in [3.8, 4) is 5.88 Å². The van der Waals surface area contributed by atoms with Crippen molar-refractivity contribution in [2.75, 3.05) is 14.2 Å². The van der Waals surface area contributed by atoms with Gasteiger partial charge in [-0.05, 0) is 13.5 Å². The normalized spacial score (nSPS) is 12.4. The lowest BCUT2D eigenvalue weighted by Gasteiger charge is -2.16. The number of hydrogen-bond donors (Lipinski definition) is 1. The highest BCUT2D eigenvalue weighted by Gasteiger charge is 2.19. The Bertz CT molecular complexity index is 526. The van der Waals surface area contributed by atoms with Crippen LogP contribution in [0.5, 0.6) is 5.88 Å². The van der Waals surface area contributed by atoms with Crippen LogP contribution in [0.15, 0.2) is 18.6 Å². The maximum Gasteiger partial charge on any atom is 0.216 e. The molecule has 0 saturated heterocycles. The minimum Gasteiger partial charge on any atom is -0.481 e. The molecule has 1 unspecified atom stereocenters. The number of aryl methyl sites for hydroxylation is 1. The molecule has 0 amide bonds. The molecule has 0 aliphatic heterocycles. The number of ether oxygens (including phenoxy) is 1. The summed E-state index contributed by atoms with van der Waals surface area (Å²) in [7, 11) is 3.46. The van der Waals surface area contributed by atoms with Gasteiger partial charge in [-0.15, -0.1) is 5.10 Å². The fraction of sp³-hybridized carbons (Fsp3) is 0.500. The molecule has 0 aromatic carbocycles. The van der Waals surface area contributed by atoms with Crippen LogP contribution < -0.4 is 10.1 Å². The van der Waals surface area contributed by atoms with Crippen LogP contribution in [-0.2, 0) is 6.54 Å². The Morgan fingerprint density at radius 1 is 1.42 bits per heavy atom. The summed E-state index contributed by atoms with van der Waals surface area (Å²) < 4.78 is 7.01. The summed E-state index contributed by atoms with van der Waals surface area (Å²) in [4.78, 5) is 8.31. The van der Waals surface area contributed by atoms with Crippen LogP contribution in [0.4, 0.5) is 0 Å². The summed E-state index contributed by atoms with van der Waals surface area (Å²) in [6.07, 6.45) is 4.25. The van der Waals surface area contributed by atoms with E-state index in [-0.39, 0.29) is 6.04 Å². The van der Waals surface area contributed by atoms with Crippen LogP contribution in [0.1, 0.15) is 30.8 Å². The van der Waals surface area contributed by atoms with Gasteiger partial charge < -0.3 is 10.1 Å². The Kier molecular flexibility index (Phi) is 4.40. The Balaban J connectivity index is 2.35. The molecule has 19 heavy (non-hydrogen) atoms. The van der Waals surface area contributed by atoms with Crippen molar-refractivity contribution in [1.29, 1.82) is 0 Å². The number of rotatable bonds is 6. The molecule has 2 aromatic heterocycles. The van der Waals surface area contributed by atoms with E-state index in [0.29, 0.717) is 5.88 Å². The summed E-state index contributed by atoms with van der Waals surface area (Å²) in [6.45, 7) is 2.93. The van der Waals surface area contributed by atoms with Crippen molar-refractivity contribution in [2.24, 2.45) is 0 Å². The van der Waals surface area contributed by atoms with Crippen LogP contribution in [0.3, 0.4) is 0 Å². The summed E-state index contributed by atoms with van der Waals surface area (Å²) in [5.41, 5.74) is 1.80. The fourth-order valence-corrected chi connectivity index (χ4v) is 1.95. The first-order valence-electron chi connectivity index (χ1n) is 6.21. The van der Waals surface area contributed by atoms with E-state index in [9.17, 15) is 0 Å². The molecule has 2 heterocycles. The Morgan fingerprint density at radius 3 is 2.95 bits per heavy atom. The minimum absolute atomic E-state index is 0.0848. The lowest BCUT2D eigenvalue weighted by molar-refractivity contribution is 0.394. The maximum absolute atomic E-state index is 5.13. The SMILES string of the molecule is CCCn1nncc1C(NC)c1cc(OC)ncn1. The molecule has 1 N–H and O–H groups in total. The largest absolute Gasteiger partial charge is 0.481 e. The molecule has 0 spiro atoms. The van der Waals surface area contributed by atoms with E-state index in [1.54, 1.807) is 13.3 Å². The molecule has 0 aliphatic carbocycles. The standard InChI is InChI=1S/C12H18N6O/c1-4-5-18-10(7-16-17-18)12(13-2)9-6-11(19-3)15-8-14-9/h6-8,12-13H,4-5H2,1-3H3. The van der Waals surface area contributed by atoms with E-state index in [4.69, 9.17) is 4.74 Å². The smallest absolute Gasteiger partial charge is 0.216 e. The zero-order valence-electron chi connectivity index (χ0n) is 11.4. The van der Waals surface area contributed by atoms with Gasteiger partial charge in [0.05, 0.1) is 30.7 Å². The van der Waals surface area contributed by atoms with Gasteiger partial charge in [-0.25, -0.2) is 14.6 Å². The highest BCUT2D eigenvalue weighted by atomic mass is 16.5. The number of nitrogens with zero attached hydrogens (tertiary/aromatic N) is 5. The van der Waals surface area contributed by atoms with Crippen LogP contribution >= 0.6 is 0 Å². The van der Waals surface area contributed by atoms with E-state index in [0.717, 1.165) is 24.4 Å². The highest BCUT2D eigenvalue weighted by Crippen LogP contribution is 2.21. The molecule has 0 bridgehead atoms. The monoisotopic (exact) mass is 262 g/mol. The number of methoxy groups -OCH3 is 1. The summed E-state index contributed by atoms with van der Waals surface area (Å²) in [6, 6.07) is 1.73. The lowest BCUT2D eigenvalue weighted by atomic mass is 10.1. The topological polar surface area (TPSA) is 77.8 Å². The predicted octanol–water partition coefficient (Wildman–Crippen LogP) is 0.795. The second-order valence-electron chi connectivity index (χ2n) is 4.09. The summed E-state index contributed by atoms with van der Waals surface area (Å²) in [5.74, 6) is 0.541. The molecule has 0 aliphatic rings. The Hall–Kier alpha value is -2.02. The molecular formula is C12H18N6O. The van der Waals surface area contributed by atoms with Gasteiger partial charge in [0.25, 0.3) is 0 Å². The molecule has 2 rings (SSSR count). The average Bonchev–Trinajstić information content (AvgIpc) is 2.89. The molecule has 102 valence electrons. The van der Waals surface area contributed by atoms with Gasteiger partial charge in [-0.1, -0.05) is 12.1 Å². The van der Waals surface area contributed by atoms with Crippen LogP contribution in [-0.4, -0.2) is 39.1 Å². The molecule has 7 nitrogen and oxygen atoms in total. The second kappa shape index (κ2) is 6.24. The number of hydrogen-bond acceptors (Lipinski definition) is 6. The first-order valence-corrected chi connectivity index (χ1v) is 6.21. The molecule has 7 heteroatoms. The minimum atomic E-state index is -0.0848. The van der Waals surface area contributed by atoms with E-state index >= 15 is 0 Å². The van der Waals surface area contributed by atoms with Crippen molar-refractivity contribution in [1.82, 2.24) is 30.3 Å². The molecule has 0 radical (unpaired) electrons. The molecule has 1 atom stereocenters. The summed E-state index contributed by atoms with van der Waals surface area (Å²) in [5, 5.41) is 11.3. The van der Waals surface area contributed by atoms with Crippen molar-refractivity contribution in [3.63, 3.8) is 0 Å². The van der Waals surface area contributed by atoms with Crippen molar-refractivity contribution < 1.29 is 4.74 Å². The Labute approximate surface area is 112 Å². The van der Waals surface area contributed by atoms with Gasteiger partial charge in [0.15, 0.2) is 0 Å².